The number of benzene rings is 2. The molecule has 3 nitrogen and oxygen atoms in total. The lowest BCUT2D eigenvalue weighted by atomic mass is 10.2. The van der Waals surface area contributed by atoms with E-state index < -0.39 is 0 Å². The highest BCUT2D eigenvalue weighted by Gasteiger charge is 2.09. The molecule has 0 aliphatic carbocycles. The second kappa shape index (κ2) is 5.31. The molecule has 0 radical (unpaired) electrons. The molecule has 0 fully saturated rings. The Balaban J connectivity index is 1.97. The van der Waals surface area contributed by atoms with E-state index in [1.54, 1.807) is 18.3 Å². The first-order valence-corrected chi connectivity index (χ1v) is 7.08. The molecular formula is C15H10BrClN2O. The van der Waals surface area contributed by atoms with E-state index in [2.05, 4.69) is 20.9 Å². The van der Waals surface area contributed by atoms with E-state index in [1.165, 1.54) is 0 Å². The summed E-state index contributed by atoms with van der Waals surface area (Å²) in [6.07, 6.45) is 1.70. The first kappa shape index (κ1) is 13.2. The minimum absolute atomic E-state index is 0.507. The average Bonchev–Trinajstić information content (AvgIpc) is 2.92. The molecule has 0 bridgehead atoms. The van der Waals surface area contributed by atoms with E-state index in [0.29, 0.717) is 22.4 Å². The SMILES string of the molecule is Nc1cc(-c2ncc(-c3ccc(Br)cc3)o2)ccc1Cl. The summed E-state index contributed by atoms with van der Waals surface area (Å²) in [5.41, 5.74) is 8.06. The van der Waals surface area contributed by atoms with Gasteiger partial charge >= 0.3 is 0 Å². The van der Waals surface area contributed by atoms with E-state index in [1.807, 2.05) is 30.3 Å². The van der Waals surface area contributed by atoms with Crippen LogP contribution in [0.15, 0.2) is 57.6 Å². The minimum Gasteiger partial charge on any atom is -0.436 e. The summed E-state index contributed by atoms with van der Waals surface area (Å²) in [5, 5.41) is 0.522. The van der Waals surface area contributed by atoms with Gasteiger partial charge in [-0.3, -0.25) is 0 Å². The molecular weight excluding hydrogens is 340 g/mol. The van der Waals surface area contributed by atoms with E-state index in [9.17, 15) is 0 Å². The molecule has 0 aliphatic heterocycles. The van der Waals surface area contributed by atoms with Gasteiger partial charge in [0.25, 0.3) is 0 Å². The lowest BCUT2D eigenvalue weighted by Gasteiger charge is -2.00. The topological polar surface area (TPSA) is 52.0 Å². The number of halogens is 2. The van der Waals surface area contributed by atoms with Gasteiger partial charge in [0.05, 0.1) is 16.9 Å². The molecule has 1 heterocycles. The Morgan fingerprint density at radius 3 is 2.45 bits per heavy atom. The van der Waals surface area contributed by atoms with Gasteiger partial charge in [-0.2, -0.15) is 0 Å². The van der Waals surface area contributed by atoms with Gasteiger partial charge in [-0.15, -0.1) is 0 Å². The maximum Gasteiger partial charge on any atom is 0.226 e. The normalized spacial score (nSPS) is 10.7. The number of nitrogens with two attached hydrogens (primary N) is 1. The second-order valence-corrected chi connectivity index (χ2v) is 5.60. The zero-order chi connectivity index (χ0) is 14.1. The first-order chi connectivity index (χ1) is 9.63. The molecule has 20 heavy (non-hydrogen) atoms. The van der Waals surface area contributed by atoms with Crippen molar-refractivity contribution in [3.8, 4) is 22.8 Å². The van der Waals surface area contributed by atoms with Gasteiger partial charge in [0, 0.05) is 15.6 Å². The van der Waals surface area contributed by atoms with Crippen molar-refractivity contribution in [3.63, 3.8) is 0 Å². The number of nitrogen functional groups attached to an aromatic ring is 1. The summed E-state index contributed by atoms with van der Waals surface area (Å²) in [4.78, 5) is 4.28. The number of hydrogen-bond donors (Lipinski definition) is 1. The Kier molecular flexibility index (Phi) is 3.51. The number of anilines is 1. The van der Waals surface area contributed by atoms with Crippen molar-refractivity contribution in [2.24, 2.45) is 0 Å². The summed E-state index contributed by atoms with van der Waals surface area (Å²) in [7, 11) is 0. The van der Waals surface area contributed by atoms with Crippen LogP contribution in [0.5, 0.6) is 0 Å². The van der Waals surface area contributed by atoms with E-state index in [4.69, 9.17) is 21.8 Å². The summed E-state index contributed by atoms with van der Waals surface area (Å²) in [6, 6.07) is 13.1. The maximum absolute atomic E-state index is 5.90. The van der Waals surface area contributed by atoms with Crippen molar-refractivity contribution in [1.29, 1.82) is 0 Å². The molecule has 0 saturated carbocycles. The van der Waals surface area contributed by atoms with Gasteiger partial charge in [-0.1, -0.05) is 39.7 Å². The Morgan fingerprint density at radius 1 is 1.05 bits per heavy atom. The van der Waals surface area contributed by atoms with Gasteiger partial charge in [-0.05, 0) is 30.3 Å². The maximum atomic E-state index is 5.90. The molecule has 0 saturated heterocycles. The third-order valence-corrected chi connectivity index (χ3v) is 3.75. The zero-order valence-corrected chi connectivity index (χ0v) is 12.6. The van der Waals surface area contributed by atoms with Crippen LogP contribution in [0.2, 0.25) is 5.02 Å². The predicted molar refractivity (Wildman–Crippen MR) is 84.5 cm³/mol. The molecule has 100 valence electrons. The molecule has 1 aromatic heterocycles. The fourth-order valence-electron chi connectivity index (χ4n) is 1.83. The highest BCUT2D eigenvalue weighted by molar-refractivity contribution is 9.10. The largest absolute Gasteiger partial charge is 0.436 e. The summed E-state index contributed by atoms with van der Waals surface area (Å²) in [6.45, 7) is 0. The molecule has 0 spiro atoms. The van der Waals surface area contributed by atoms with Crippen molar-refractivity contribution in [1.82, 2.24) is 4.98 Å². The Bertz CT molecular complexity index is 753. The molecule has 0 aliphatic rings. The van der Waals surface area contributed by atoms with Crippen LogP contribution >= 0.6 is 27.5 Å². The Labute approximate surface area is 129 Å². The Morgan fingerprint density at radius 2 is 1.75 bits per heavy atom. The van der Waals surface area contributed by atoms with Gasteiger partial charge in [-0.25, -0.2) is 4.98 Å². The first-order valence-electron chi connectivity index (χ1n) is 5.90. The van der Waals surface area contributed by atoms with Crippen LogP contribution < -0.4 is 5.73 Å². The second-order valence-electron chi connectivity index (χ2n) is 4.27. The van der Waals surface area contributed by atoms with Crippen molar-refractivity contribution in [2.45, 2.75) is 0 Å². The predicted octanol–water partition coefficient (Wildman–Crippen LogP) is 5.01. The van der Waals surface area contributed by atoms with Gasteiger partial charge in [0.1, 0.15) is 0 Å². The fourth-order valence-corrected chi connectivity index (χ4v) is 2.21. The number of nitrogens with zero attached hydrogens (tertiary/aromatic N) is 1. The molecule has 2 aromatic carbocycles. The molecule has 5 heteroatoms. The molecule has 0 unspecified atom stereocenters. The van der Waals surface area contributed by atoms with Crippen molar-refractivity contribution in [2.75, 3.05) is 5.73 Å². The zero-order valence-electron chi connectivity index (χ0n) is 10.3. The monoisotopic (exact) mass is 348 g/mol. The molecule has 3 aromatic rings. The van der Waals surface area contributed by atoms with Crippen molar-refractivity contribution in [3.05, 3.63) is 58.2 Å². The summed E-state index contributed by atoms with van der Waals surface area (Å²) < 4.78 is 6.79. The highest BCUT2D eigenvalue weighted by atomic mass is 79.9. The lowest BCUT2D eigenvalue weighted by molar-refractivity contribution is 0.589. The van der Waals surface area contributed by atoms with Crippen LogP contribution in [0.4, 0.5) is 5.69 Å². The van der Waals surface area contributed by atoms with Crippen LogP contribution in [0.3, 0.4) is 0 Å². The number of aromatic nitrogens is 1. The van der Waals surface area contributed by atoms with Crippen LogP contribution in [0.25, 0.3) is 22.8 Å². The number of rotatable bonds is 2. The van der Waals surface area contributed by atoms with Crippen molar-refractivity contribution >= 4 is 33.2 Å². The molecule has 2 N–H and O–H groups in total. The van der Waals surface area contributed by atoms with Crippen LogP contribution in [0.1, 0.15) is 0 Å². The highest BCUT2D eigenvalue weighted by Crippen LogP contribution is 2.29. The van der Waals surface area contributed by atoms with Crippen molar-refractivity contribution < 1.29 is 4.42 Å². The number of oxazole rings is 1. The van der Waals surface area contributed by atoms with Crippen LogP contribution in [-0.2, 0) is 0 Å². The smallest absolute Gasteiger partial charge is 0.226 e. The summed E-state index contributed by atoms with van der Waals surface area (Å²) >= 11 is 9.31. The standard InChI is InChI=1S/C15H10BrClN2O/c16-11-4-1-9(2-5-11)14-8-19-15(20-14)10-3-6-12(17)13(18)7-10/h1-8H,18H2. The summed E-state index contributed by atoms with van der Waals surface area (Å²) in [5.74, 6) is 1.23. The van der Waals surface area contributed by atoms with Gasteiger partial charge < -0.3 is 10.2 Å². The van der Waals surface area contributed by atoms with Crippen LogP contribution in [-0.4, -0.2) is 4.98 Å². The van der Waals surface area contributed by atoms with E-state index >= 15 is 0 Å². The van der Waals surface area contributed by atoms with Gasteiger partial charge in [0.15, 0.2) is 5.76 Å². The third kappa shape index (κ3) is 2.57. The average molecular weight is 350 g/mol. The van der Waals surface area contributed by atoms with Crippen LogP contribution in [0, 0.1) is 0 Å². The number of hydrogen-bond acceptors (Lipinski definition) is 3. The van der Waals surface area contributed by atoms with Gasteiger partial charge in [0.2, 0.25) is 5.89 Å². The minimum atomic E-state index is 0.507. The lowest BCUT2D eigenvalue weighted by Crippen LogP contribution is -1.87. The molecule has 3 rings (SSSR count). The van der Waals surface area contributed by atoms with E-state index in [-0.39, 0.29) is 0 Å². The third-order valence-electron chi connectivity index (χ3n) is 2.88. The van der Waals surface area contributed by atoms with E-state index in [0.717, 1.165) is 15.6 Å². The molecule has 0 amide bonds. The quantitative estimate of drug-likeness (QED) is 0.662. The fraction of sp³-hybridized carbons (Fsp3) is 0. The molecule has 0 atom stereocenters. The Hall–Kier alpha value is -1.78.